The van der Waals surface area contributed by atoms with E-state index in [4.69, 9.17) is 9.15 Å². The molecule has 1 fully saturated rings. The summed E-state index contributed by atoms with van der Waals surface area (Å²) < 4.78 is 64.1. The number of rotatable bonds is 5. The quantitative estimate of drug-likeness (QED) is 0.539. The maximum Gasteiger partial charge on any atom is 0.324 e. The Kier molecular flexibility index (Phi) is 6.35. The molecule has 2 heterocycles. The van der Waals surface area contributed by atoms with Crippen molar-refractivity contribution in [1.82, 2.24) is 15.1 Å². The molecule has 0 N–H and O–H groups in total. The number of hydrogen-bond acceptors (Lipinski definition) is 5. The minimum absolute atomic E-state index is 0.113. The molecule has 32 heavy (non-hydrogen) atoms. The van der Waals surface area contributed by atoms with Crippen molar-refractivity contribution in [2.45, 2.75) is 13.0 Å². The van der Waals surface area contributed by atoms with E-state index in [0.717, 1.165) is 6.07 Å². The van der Waals surface area contributed by atoms with Crippen LogP contribution < -0.4 is 4.90 Å². The second-order valence-electron chi connectivity index (χ2n) is 7.00. The van der Waals surface area contributed by atoms with Gasteiger partial charge in [0.15, 0.2) is 0 Å². The first-order valence-corrected chi connectivity index (χ1v) is 9.72. The van der Waals surface area contributed by atoms with Crippen molar-refractivity contribution >= 4 is 11.7 Å². The van der Waals surface area contributed by atoms with Gasteiger partial charge in [0.25, 0.3) is 5.89 Å². The van der Waals surface area contributed by atoms with Crippen LogP contribution in [0.25, 0.3) is 11.5 Å². The van der Waals surface area contributed by atoms with Crippen LogP contribution in [-0.2, 0) is 11.3 Å². The molecule has 1 aromatic heterocycles. The Bertz CT molecular complexity index is 1100. The van der Waals surface area contributed by atoms with Crippen LogP contribution in [0.5, 0.6) is 0 Å². The summed E-state index contributed by atoms with van der Waals surface area (Å²) in [4.78, 5) is 15.9. The number of nitrogens with zero attached hydrogens (tertiary/aromatic N) is 4. The summed E-state index contributed by atoms with van der Waals surface area (Å²) in [7, 11) is 0. The van der Waals surface area contributed by atoms with E-state index in [1.807, 2.05) is 0 Å². The van der Waals surface area contributed by atoms with E-state index in [-0.39, 0.29) is 29.2 Å². The Hall–Kier alpha value is -3.47. The van der Waals surface area contributed by atoms with Crippen LogP contribution >= 0.6 is 0 Å². The van der Waals surface area contributed by atoms with Gasteiger partial charge in [-0.15, -0.1) is 10.2 Å². The molecule has 11 heteroatoms. The van der Waals surface area contributed by atoms with Crippen LogP contribution in [-0.4, -0.2) is 47.4 Å². The van der Waals surface area contributed by atoms with Crippen molar-refractivity contribution in [2.24, 2.45) is 0 Å². The van der Waals surface area contributed by atoms with Gasteiger partial charge >= 0.3 is 12.5 Å². The van der Waals surface area contributed by atoms with Gasteiger partial charge in [-0.25, -0.2) is 13.6 Å². The first-order chi connectivity index (χ1) is 15.4. The van der Waals surface area contributed by atoms with E-state index < -0.39 is 30.0 Å². The molecule has 2 aromatic carbocycles. The number of hydrogen-bond donors (Lipinski definition) is 0. The van der Waals surface area contributed by atoms with Gasteiger partial charge in [-0.2, -0.15) is 8.78 Å². The summed E-state index contributed by atoms with van der Waals surface area (Å²) in [5, 5.41) is 6.72. The molecule has 0 radical (unpaired) electrons. The monoisotopic (exact) mass is 450 g/mol. The third-order valence-corrected chi connectivity index (χ3v) is 4.89. The molecule has 168 valence electrons. The van der Waals surface area contributed by atoms with Gasteiger partial charge in [0.05, 0.1) is 19.8 Å². The van der Waals surface area contributed by atoms with Crippen molar-refractivity contribution in [1.29, 1.82) is 0 Å². The van der Waals surface area contributed by atoms with E-state index in [1.54, 1.807) is 11.0 Å². The SMILES string of the molecule is O=C(N1CCOCC1)N(Cc1ccc(-c2nnc(C(F)F)o2)cc1F)c1cccc(F)c1. The highest BCUT2D eigenvalue weighted by molar-refractivity contribution is 5.92. The van der Waals surface area contributed by atoms with Crippen LogP contribution in [0.4, 0.5) is 28.0 Å². The average molecular weight is 450 g/mol. The summed E-state index contributed by atoms with van der Waals surface area (Å²) in [6.07, 6.45) is -2.94. The number of anilines is 1. The van der Waals surface area contributed by atoms with Gasteiger partial charge in [-0.1, -0.05) is 12.1 Å². The molecular weight excluding hydrogens is 432 g/mol. The van der Waals surface area contributed by atoms with E-state index in [2.05, 4.69) is 10.2 Å². The number of carbonyl (C=O) groups is 1. The van der Waals surface area contributed by atoms with Crippen LogP contribution in [0, 0.1) is 11.6 Å². The number of morpholine rings is 1. The normalized spacial score (nSPS) is 14.1. The molecule has 0 atom stereocenters. The number of benzene rings is 2. The first-order valence-electron chi connectivity index (χ1n) is 9.72. The van der Waals surface area contributed by atoms with Crippen LogP contribution in [0.3, 0.4) is 0 Å². The van der Waals surface area contributed by atoms with Gasteiger partial charge in [0.2, 0.25) is 5.89 Å². The maximum absolute atomic E-state index is 14.9. The predicted octanol–water partition coefficient (Wildman–Crippen LogP) is 4.41. The molecule has 4 rings (SSSR count). The van der Waals surface area contributed by atoms with E-state index in [0.29, 0.717) is 26.3 Å². The first kappa shape index (κ1) is 21.8. The highest BCUT2D eigenvalue weighted by atomic mass is 19.3. The third kappa shape index (κ3) is 4.72. The molecule has 0 saturated carbocycles. The Labute approximate surface area is 180 Å². The highest BCUT2D eigenvalue weighted by Gasteiger charge is 2.26. The lowest BCUT2D eigenvalue weighted by atomic mass is 10.1. The van der Waals surface area contributed by atoms with Crippen molar-refractivity contribution < 1.29 is 31.5 Å². The van der Waals surface area contributed by atoms with Gasteiger partial charge < -0.3 is 14.1 Å². The summed E-state index contributed by atoms with van der Waals surface area (Å²) in [6.45, 7) is 1.27. The van der Waals surface area contributed by atoms with Crippen LogP contribution in [0.15, 0.2) is 46.9 Å². The lowest BCUT2D eigenvalue weighted by molar-refractivity contribution is 0.0548. The molecule has 2 amide bonds. The van der Waals surface area contributed by atoms with Crippen molar-refractivity contribution in [2.75, 3.05) is 31.2 Å². The zero-order valence-electron chi connectivity index (χ0n) is 16.7. The number of alkyl halides is 2. The minimum Gasteiger partial charge on any atom is -0.415 e. The Morgan fingerprint density at radius 3 is 2.53 bits per heavy atom. The summed E-state index contributed by atoms with van der Waals surface area (Å²) >= 11 is 0. The molecule has 0 bridgehead atoms. The van der Waals surface area contributed by atoms with Crippen LogP contribution in [0.1, 0.15) is 17.9 Å². The fourth-order valence-corrected chi connectivity index (χ4v) is 3.26. The third-order valence-electron chi connectivity index (χ3n) is 4.89. The van der Waals surface area contributed by atoms with Crippen molar-refractivity contribution in [3.8, 4) is 11.5 Å². The summed E-state index contributed by atoms with van der Waals surface area (Å²) in [6, 6.07) is 8.89. The lowest BCUT2D eigenvalue weighted by Crippen LogP contribution is -2.48. The van der Waals surface area contributed by atoms with Gasteiger partial charge in [0.1, 0.15) is 11.6 Å². The maximum atomic E-state index is 14.9. The fraction of sp³-hybridized carbons (Fsp3) is 0.286. The lowest BCUT2D eigenvalue weighted by Gasteiger charge is -2.33. The second-order valence-corrected chi connectivity index (χ2v) is 7.00. The molecule has 1 aliphatic heterocycles. The van der Waals surface area contributed by atoms with E-state index >= 15 is 0 Å². The Morgan fingerprint density at radius 2 is 1.88 bits per heavy atom. The van der Waals surface area contributed by atoms with Gasteiger partial charge in [-0.05, 0) is 30.3 Å². The summed E-state index contributed by atoms with van der Waals surface area (Å²) in [5.41, 5.74) is 0.513. The number of amides is 2. The Morgan fingerprint density at radius 1 is 1.09 bits per heavy atom. The second kappa shape index (κ2) is 9.35. The predicted molar refractivity (Wildman–Crippen MR) is 105 cm³/mol. The highest BCUT2D eigenvalue weighted by Crippen LogP contribution is 2.27. The summed E-state index contributed by atoms with van der Waals surface area (Å²) in [5.74, 6) is -2.37. The number of carbonyl (C=O) groups excluding carboxylic acids is 1. The molecule has 1 aliphatic rings. The largest absolute Gasteiger partial charge is 0.415 e. The molecule has 1 saturated heterocycles. The van der Waals surface area contributed by atoms with Crippen LogP contribution in [0.2, 0.25) is 0 Å². The molecule has 0 spiro atoms. The van der Waals surface area contributed by atoms with Gasteiger partial charge in [-0.3, -0.25) is 4.90 Å². The van der Waals surface area contributed by atoms with E-state index in [9.17, 15) is 22.4 Å². The molecule has 3 aromatic rings. The fourth-order valence-electron chi connectivity index (χ4n) is 3.26. The minimum atomic E-state index is -2.94. The number of urea groups is 1. The number of halogens is 4. The molecular formula is C21H18F4N4O3. The molecule has 0 aliphatic carbocycles. The van der Waals surface area contributed by atoms with Crippen molar-refractivity contribution in [3.63, 3.8) is 0 Å². The zero-order chi connectivity index (χ0) is 22.7. The standard InChI is InChI=1S/C21H18F4N4O3/c22-15-2-1-3-16(11-15)29(21(30)28-6-8-31-9-7-28)12-14-5-4-13(10-17(14)23)19-26-27-20(32-19)18(24)25/h1-5,10-11,18H,6-9,12H2. The molecule has 7 nitrogen and oxygen atoms in total. The van der Waals surface area contributed by atoms with E-state index in [1.165, 1.54) is 35.2 Å². The van der Waals surface area contributed by atoms with Crippen molar-refractivity contribution in [3.05, 3.63) is 65.6 Å². The number of ether oxygens (including phenoxy) is 1. The Balaban J connectivity index is 1.61. The molecule has 0 unspecified atom stereocenters. The topological polar surface area (TPSA) is 71.7 Å². The number of aromatic nitrogens is 2. The zero-order valence-corrected chi connectivity index (χ0v) is 16.7. The smallest absolute Gasteiger partial charge is 0.324 e. The average Bonchev–Trinajstić information content (AvgIpc) is 3.29. The van der Waals surface area contributed by atoms with Gasteiger partial charge in [0, 0.05) is 29.9 Å².